The second kappa shape index (κ2) is 6.14. The molecule has 2 atom stereocenters. The number of aromatic nitrogens is 2. The summed E-state index contributed by atoms with van der Waals surface area (Å²) in [4.78, 5) is 15.6. The SMILES string of the molecule is CCC(OC)c1noc(CC(C)(C(=O)O)C(C)C)n1. The van der Waals surface area contributed by atoms with Crippen molar-refractivity contribution in [3.63, 3.8) is 0 Å². The van der Waals surface area contributed by atoms with E-state index < -0.39 is 11.4 Å². The number of carboxylic acid groups (broad SMARTS) is 1. The zero-order valence-electron chi connectivity index (χ0n) is 12.1. The molecule has 1 N–H and O–H groups in total. The lowest BCUT2D eigenvalue weighted by molar-refractivity contribution is -0.150. The molecule has 108 valence electrons. The molecule has 0 amide bonds. The van der Waals surface area contributed by atoms with Crippen LogP contribution in [0.25, 0.3) is 0 Å². The molecule has 6 heteroatoms. The highest BCUT2D eigenvalue weighted by Crippen LogP contribution is 2.31. The summed E-state index contributed by atoms with van der Waals surface area (Å²) in [5, 5.41) is 13.2. The topological polar surface area (TPSA) is 85.5 Å². The number of carbonyl (C=O) groups is 1. The second-order valence-electron chi connectivity index (χ2n) is 5.23. The Morgan fingerprint density at radius 1 is 1.53 bits per heavy atom. The van der Waals surface area contributed by atoms with Crippen LogP contribution < -0.4 is 0 Å². The number of nitrogens with zero attached hydrogens (tertiary/aromatic N) is 2. The largest absolute Gasteiger partial charge is 0.481 e. The highest BCUT2D eigenvalue weighted by molar-refractivity contribution is 5.74. The van der Waals surface area contributed by atoms with Gasteiger partial charge in [0.1, 0.15) is 6.10 Å². The van der Waals surface area contributed by atoms with Crippen LogP contribution in [-0.4, -0.2) is 28.3 Å². The lowest BCUT2D eigenvalue weighted by Crippen LogP contribution is -2.35. The summed E-state index contributed by atoms with van der Waals surface area (Å²) in [6.07, 6.45) is 0.732. The summed E-state index contributed by atoms with van der Waals surface area (Å²) < 4.78 is 10.4. The van der Waals surface area contributed by atoms with Crippen molar-refractivity contribution in [3.05, 3.63) is 11.7 Å². The van der Waals surface area contributed by atoms with E-state index in [1.807, 2.05) is 20.8 Å². The minimum Gasteiger partial charge on any atom is -0.481 e. The molecule has 0 aliphatic heterocycles. The van der Waals surface area contributed by atoms with Crippen molar-refractivity contribution >= 4 is 5.97 Å². The van der Waals surface area contributed by atoms with Gasteiger partial charge in [0.15, 0.2) is 0 Å². The van der Waals surface area contributed by atoms with E-state index in [4.69, 9.17) is 9.26 Å². The molecule has 6 nitrogen and oxygen atoms in total. The maximum atomic E-state index is 11.4. The number of carboxylic acids is 1. The Kier molecular flexibility index (Phi) is 5.05. The molecular formula is C13H22N2O4. The Morgan fingerprint density at radius 2 is 2.16 bits per heavy atom. The predicted octanol–water partition coefficient (Wildman–Crippen LogP) is 2.46. The molecular weight excluding hydrogens is 248 g/mol. The first-order valence-corrected chi connectivity index (χ1v) is 6.43. The van der Waals surface area contributed by atoms with Gasteiger partial charge >= 0.3 is 5.97 Å². The molecule has 2 unspecified atom stereocenters. The smallest absolute Gasteiger partial charge is 0.310 e. The third-order valence-electron chi connectivity index (χ3n) is 3.71. The Hall–Kier alpha value is -1.43. The van der Waals surface area contributed by atoms with Crippen LogP contribution >= 0.6 is 0 Å². The number of methoxy groups -OCH3 is 1. The Balaban J connectivity index is 2.91. The summed E-state index contributed by atoms with van der Waals surface area (Å²) in [6.45, 7) is 7.39. The molecule has 0 saturated carbocycles. The van der Waals surface area contributed by atoms with Crippen LogP contribution in [-0.2, 0) is 16.0 Å². The third kappa shape index (κ3) is 3.32. The number of hydrogen-bond acceptors (Lipinski definition) is 5. The van der Waals surface area contributed by atoms with E-state index in [9.17, 15) is 9.90 Å². The van der Waals surface area contributed by atoms with E-state index in [1.54, 1.807) is 14.0 Å². The first-order chi connectivity index (χ1) is 8.85. The molecule has 0 saturated heterocycles. The monoisotopic (exact) mass is 270 g/mol. The van der Waals surface area contributed by atoms with Crippen molar-refractivity contribution in [2.45, 2.75) is 46.6 Å². The minimum absolute atomic E-state index is 0.0373. The maximum Gasteiger partial charge on any atom is 0.310 e. The van der Waals surface area contributed by atoms with Crippen LogP contribution in [0.4, 0.5) is 0 Å². The van der Waals surface area contributed by atoms with Crippen LogP contribution in [0, 0.1) is 11.3 Å². The lowest BCUT2D eigenvalue weighted by Gasteiger charge is -2.27. The normalized spacial score (nSPS) is 16.3. The third-order valence-corrected chi connectivity index (χ3v) is 3.71. The van der Waals surface area contributed by atoms with Gasteiger partial charge < -0.3 is 14.4 Å². The molecule has 1 rings (SSSR count). The Morgan fingerprint density at radius 3 is 2.58 bits per heavy atom. The van der Waals surface area contributed by atoms with Gasteiger partial charge in [0.25, 0.3) is 0 Å². The summed E-state index contributed by atoms with van der Waals surface area (Å²) in [5.41, 5.74) is -0.918. The zero-order valence-corrected chi connectivity index (χ0v) is 12.1. The average Bonchev–Trinajstić information content (AvgIpc) is 2.78. The van der Waals surface area contributed by atoms with Gasteiger partial charge in [0.2, 0.25) is 11.7 Å². The van der Waals surface area contributed by atoms with Gasteiger partial charge in [0.05, 0.1) is 5.41 Å². The summed E-state index contributed by atoms with van der Waals surface area (Å²) >= 11 is 0. The highest BCUT2D eigenvalue weighted by atomic mass is 16.5. The number of hydrogen-bond donors (Lipinski definition) is 1. The lowest BCUT2D eigenvalue weighted by atomic mass is 9.76. The quantitative estimate of drug-likeness (QED) is 0.819. The van der Waals surface area contributed by atoms with E-state index in [0.29, 0.717) is 11.7 Å². The van der Waals surface area contributed by atoms with E-state index >= 15 is 0 Å². The van der Waals surface area contributed by atoms with Gasteiger partial charge in [-0.3, -0.25) is 4.79 Å². The van der Waals surface area contributed by atoms with E-state index in [1.165, 1.54) is 0 Å². The van der Waals surface area contributed by atoms with Crippen molar-refractivity contribution in [1.29, 1.82) is 0 Å². The molecule has 19 heavy (non-hydrogen) atoms. The van der Waals surface area contributed by atoms with Crippen molar-refractivity contribution < 1.29 is 19.2 Å². The molecule has 1 heterocycles. The fourth-order valence-electron chi connectivity index (χ4n) is 1.77. The summed E-state index contributed by atoms with van der Waals surface area (Å²) in [6, 6.07) is 0. The van der Waals surface area contributed by atoms with Crippen molar-refractivity contribution in [1.82, 2.24) is 10.1 Å². The minimum atomic E-state index is -0.918. The highest BCUT2D eigenvalue weighted by Gasteiger charge is 2.38. The van der Waals surface area contributed by atoms with E-state index in [2.05, 4.69) is 10.1 Å². The molecule has 1 aromatic rings. The summed E-state index contributed by atoms with van der Waals surface area (Å²) in [5.74, 6) is -0.0913. The predicted molar refractivity (Wildman–Crippen MR) is 68.6 cm³/mol. The molecule has 0 bridgehead atoms. The van der Waals surface area contributed by atoms with Gasteiger partial charge in [-0.2, -0.15) is 4.98 Å². The van der Waals surface area contributed by atoms with Gasteiger partial charge in [-0.15, -0.1) is 0 Å². The van der Waals surface area contributed by atoms with Gasteiger partial charge in [-0.25, -0.2) is 0 Å². The van der Waals surface area contributed by atoms with Gasteiger partial charge in [-0.05, 0) is 19.3 Å². The van der Waals surface area contributed by atoms with E-state index in [-0.39, 0.29) is 18.4 Å². The Bertz CT molecular complexity index is 426. The first kappa shape index (κ1) is 15.6. The van der Waals surface area contributed by atoms with Crippen LogP contribution in [0.15, 0.2) is 4.52 Å². The average molecular weight is 270 g/mol. The number of rotatable bonds is 7. The maximum absolute atomic E-state index is 11.4. The summed E-state index contributed by atoms with van der Waals surface area (Å²) in [7, 11) is 1.58. The van der Waals surface area contributed by atoms with Crippen LogP contribution in [0.2, 0.25) is 0 Å². The second-order valence-corrected chi connectivity index (χ2v) is 5.23. The van der Waals surface area contributed by atoms with Crippen LogP contribution in [0.3, 0.4) is 0 Å². The molecule has 1 aromatic heterocycles. The van der Waals surface area contributed by atoms with E-state index in [0.717, 1.165) is 6.42 Å². The zero-order chi connectivity index (χ0) is 14.6. The molecule has 0 spiro atoms. The van der Waals surface area contributed by atoms with Crippen LogP contribution in [0.5, 0.6) is 0 Å². The van der Waals surface area contributed by atoms with Crippen molar-refractivity contribution in [2.24, 2.45) is 11.3 Å². The first-order valence-electron chi connectivity index (χ1n) is 6.43. The number of ether oxygens (including phenoxy) is 1. The van der Waals surface area contributed by atoms with Gasteiger partial charge in [0, 0.05) is 13.5 Å². The molecule has 0 aliphatic carbocycles. The van der Waals surface area contributed by atoms with Crippen LogP contribution in [0.1, 0.15) is 51.9 Å². The molecule has 0 aliphatic rings. The fraction of sp³-hybridized carbons (Fsp3) is 0.769. The fourth-order valence-corrected chi connectivity index (χ4v) is 1.77. The Labute approximate surface area is 113 Å². The van der Waals surface area contributed by atoms with Crippen molar-refractivity contribution in [2.75, 3.05) is 7.11 Å². The van der Waals surface area contributed by atoms with Gasteiger partial charge in [-0.1, -0.05) is 25.9 Å². The standard InChI is InChI=1S/C13H22N2O4/c1-6-9(18-5)11-14-10(19-15-11)7-13(4,8(2)3)12(16)17/h8-9H,6-7H2,1-5H3,(H,16,17). The molecule has 0 fully saturated rings. The van der Waals surface area contributed by atoms with Crippen molar-refractivity contribution in [3.8, 4) is 0 Å². The number of aliphatic carboxylic acids is 1. The molecule has 0 aromatic carbocycles. The molecule has 0 radical (unpaired) electrons.